The molecule has 2 aromatic carbocycles. The van der Waals surface area contributed by atoms with Crippen LogP contribution in [0.2, 0.25) is 0 Å². The van der Waals surface area contributed by atoms with Gasteiger partial charge in [0.2, 0.25) is 5.91 Å². The third-order valence-corrected chi connectivity index (χ3v) is 4.83. The molecular weight excluding hydrogens is 330 g/mol. The molecule has 1 heterocycles. The van der Waals surface area contributed by atoms with Crippen molar-refractivity contribution >= 4 is 11.9 Å². The number of hydrogen-bond acceptors (Lipinski definition) is 3. The highest BCUT2D eigenvalue weighted by Gasteiger charge is 2.29. The van der Waals surface area contributed by atoms with Gasteiger partial charge >= 0.3 is 5.97 Å². The van der Waals surface area contributed by atoms with Crippen LogP contribution in [0.5, 0.6) is 0 Å². The first kappa shape index (κ1) is 18.1. The van der Waals surface area contributed by atoms with E-state index in [0.717, 1.165) is 17.5 Å². The van der Waals surface area contributed by atoms with E-state index < -0.39 is 17.9 Å². The number of nitrogens with one attached hydrogen (secondary N) is 1. The molecule has 5 nitrogen and oxygen atoms in total. The lowest BCUT2D eigenvalue weighted by Crippen LogP contribution is -2.36. The van der Waals surface area contributed by atoms with Gasteiger partial charge in [-0.15, -0.1) is 0 Å². The molecule has 3 unspecified atom stereocenters. The third-order valence-electron chi connectivity index (χ3n) is 4.83. The minimum atomic E-state index is -0.946. The van der Waals surface area contributed by atoms with E-state index in [-0.39, 0.29) is 18.4 Å². The lowest BCUT2D eigenvalue weighted by atomic mass is 9.93. The second-order valence-electron chi connectivity index (χ2n) is 6.60. The quantitative estimate of drug-likeness (QED) is 0.836. The van der Waals surface area contributed by atoms with E-state index in [0.29, 0.717) is 6.61 Å². The van der Waals surface area contributed by atoms with Crippen LogP contribution in [0.1, 0.15) is 42.2 Å². The number of fused-ring (bicyclic) bond motifs is 1. The maximum atomic E-state index is 12.6. The van der Waals surface area contributed by atoms with Crippen molar-refractivity contribution in [3.8, 4) is 0 Å². The zero-order valence-electron chi connectivity index (χ0n) is 14.7. The van der Waals surface area contributed by atoms with Crippen molar-refractivity contribution in [2.24, 2.45) is 5.92 Å². The topological polar surface area (TPSA) is 75.6 Å². The number of carbonyl (C=O) groups excluding carboxylic acids is 1. The Morgan fingerprint density at radius 1 is 1.15 bits per heavy atom. The number of carboxylic acids is 1. The molecule has 26 heavy (non-hydrogen) atoms. The number of rotatable bonds is 6. The van der Waals surface area contributed by atoms with Gasteiger partial charge in [-0.1, -0.05) is 54.6 Å². The van der Waals surface area contributed by atoms with E-state index in [9.17, 15) is 14.7 Å². The first-order chi connectivity index (χ1) is 12.6. The zero-order chi connectivity index (χ0) is 18.5. The van der Waals surface area contributed by atoms with Crippen molar-refractivity contribution in [2.75, 3.05) is 6.61 Å². The summed E-state index contributed by atoms with van der Waals surface area (Å²) in [6.45, 7) is 2.19. The van der Waals surface area contributed by atoms with Crippen LogP contribution < -0.4 is 5.32 Å². The summed E-state index contributed by atoms with van der Waals surface area (Å²) in [5, 5.41) is 12.3. The zero-order valence-corrected chi connectivity index (χ0v) is 14.7. The smallest absolute Gasteiger partial charge is 0.308 e. The van der Waals surface area contributed by atoms with Gasteiger partial charge < -0.3 is 15.2 Å². The monoisotopic (exact) mass is 353 g/mol. The summed E-state index contributed by atoms with van der Waals surface area (Å²) >= 11 is 0. The van der Waals surface area contributed by atoms with Crippen LogP contribution in [0.15, 0.2) is 54.6 Å². The Bertz CT molecular complexity index is 775. The molecule has 0 radical (unpaired) electrons. The van der Waals surface area contributed by atoms with Crippen LogP contribution in [0.4, 0.5) is 0 Å². The van der Waals surface area contributed by atoms with Crippen LogP contribution >= 0.6 is 0 Å². The minimum absolute atomic E-state index is 0.173. The number of ether oxygens (including phenoxy) is 1. The number of aliphatic carboxylic acids is 1. The molecule has 0 saturated heterocycles. The van der Waals surface area contributed by atoms with Crippen LogP contribution in [-0.2, 0) is 20.7 Å². The number of hydrogen-bond donors (Lipinski definition) is 2. The minimum Gasteiger partial charge on any atom is -0.481 e. The van der Waals surface area contributed by atoms with Gasteiger partial charge in [0, 0.05) is 0 Å². The first-order valence-electron chi connectivity index (χ1n) is 8.83. The van der Waals surface area contributed by atoms with Crippen molar-refractivity contribution in [1.29, 1.82) is 0 Å². The summed E-state index contributed by atoms with van der Waals surface area (Å²) in [5.74, 6) is -1.90. The number of carboxylic acid groups (broad SMARTS) is 1. The summed E-state index contributed by atoms with van der Waals surface area (Å²) in [7, 11) is 0. The fraction of sp³-hybridized carbons (Fsp3) is 0.333. The SMILES string of the molecule is CC(C(=O)O)C(NC(=O)CC1OCCc2ccccc21)c1ccccc1. The molecule has 1 aliphatic heterocycles. The summed E-state index contributed by atoms with van der Waals surface area (Å²) in [4.78, 5) is 24.1. The molecule has 3 rings (SSSR count). The van der Waals surface area contributed by atoms with Crippen molar-refractivity contribution < 1.29 is 19.4 Å². The van der Waals surface area contributed by atoms with Gasteiger partial charge in [0.1, 0.15) is 0 Å². The molecule has 0 saturated carbocycles. The Morgan fingerprint density at radius 2 is 1.85 bits per heavy atom. The second-order valence-corrected chi connectivity index (χ2v) is 6.60. The normalized spacial score (nSPS) is 18.4. The number of benzene rings is 2. The summed E-state index contributed by atoms with van der Waals surface area (Å²) in [6, 6.07) is 16.6. The molecule has 0 bridgehead atoms. The average molecular weight is 353 g/mol. The largest absolute Gasteiger partial charge is 0.481 e. The molecule has 2 aromatic rings. The third kappa shape index (κ3) is 4.11. The Morgan fingerprint density at radius 3 is 2.58 bits per heavy atom. The van der Waals surface area contributed by atoms with Crippen molar-refractivity contribution in [1.82, 2.24) is 5.32 Å². The highest BCUT2D eigenvalue weighted by molar-refractivity contribution is 5.79. The maximum absolute atomic E-state index is 12.6. The van der Waals surface area contributed by atoms with E-state index in [1.807, 2.05) is 48.5 Å². The van der Waals surface area contributed by atoms with E-state index in [1.54, 1.807) is 6.92 Å². The first-order valence-corrected chi connectivity index (χ1v) is 8.83. The van der Waals surface area contributed by atoms with Crippen LogP contribution in [0.3, 0.4) is 0 Å². The predicted octanol–water partition coefficient (Wildman–Crippen LogP) is 3.27. The molecular formula is C21H23NO4. The fourth-order valence-electron chi connectivity index (χ4n) is 3.35. The van der Waals surface area contributed by atoms with Crippen molar-refractivity contribution in [3.63, 3.8) is 0 Å². The highest BCUT2D eigenvalue weighted by atomic mass is 16.5. The van der Waals surface area contributed by atoms with Crippen molar-refractivity contribution in [3.05, 3.63) is 71.3 Å². The maximum Gasteiger partial charge on any atom is 0.308 e. The van der Waals surface area contributed by atoms with Gasteiger partial charge in [-0.2, -0.15) is 0 Å². The van der Waals surface area contributed by atoms with Gasteiger partial charge in [0.05, 0.1) is 31.1 Å². The number of carbonyl (C=O) groups is 2. The van der Waals surface area contributed by atoms with E-state index in [4.69, 9.17) is 4.74 Å². The average Bonchev–Trinajstić information content (AvgIpc) is 2.66. The highest BCUT2D eigenvalue weighted by Crippen LogP contribution is 2.30. The molecule has 0 aromatic heterocycles. The molecule has 136 valence electrons. The molecule has 1 aliphatic rings. The van der Waals surface area contributed by atoms with Gasteiger partial charge in [0.25, 0.3) is 0 Å². The molecule has 5 heteroatoms. The lowest BCUT2D eigenvalue weighted by molar-refractivity contribution is -0.142. The standard InChI is InChI=1S/C21H23NO4/c1-14(21(24)25)20(16-8-3-2-4-9-16)22-19(23)13-18-17-10-6-5-7-15(17)11-12-26-18/h2-10,14,18,20H,11-13H2,1H3,(H,22,23)(H,24,25). The van der Waals surface area contributed by atoms with Crippen LogP contribution in [0.25, 0.3) is 0 Å². The second kappa shape index (κ2) is 8.15. The molecule has 0 spiro atoms. The molecule has 0 aliphatic carbocycles. The summed E-state index contributed by atoms with van der Waals surface area (Å²) < 4.78 is 5.79. The Hall–Kier alpha value is -2.66. The van der Waals surface area contributed by atoms with Gasteiger partial charge in [0.15, 0.2) is 0 Å². The van der Waals surface area contributed by atoms with E-state index in [2.05, 4.69) is 11.4 Å². The molecule has 2 N–H and O–H groups in total. The molecule has 1 amide bonds. The van der Waals surface area contributed by atoms with E-state index in [1.165, 1.54) is 5.56 Å². The van der Waals surface area contributed by atoms with Gasteiger partial charge in [-0.25, -0.2) is 0 Å². The van der Waals surface area contributed by atoms with Crippen molar-refractivity contribution in [2.45, 2.75) is 31.9 Å². The van der Waals surface area contributed by atoms with Gasteiger partial charge in [-0.3, -0.25) is 9.59 Å². The Kier molecular flexibility index (Phi) is 5.68. The molecule has 3 atom stereocenters. The fourth-order valence-corrected chi connectivity index (χ4v) is 3.35. The summed E-state index contributed by atoms with van der Waals surface area (Å²) in [5.41, 5.74) is 3.02. The van der Waals surface area contributed by atoms with Gasteiger partial charge in [-0.05, 0) is 30.0 Å². The number of amides is 1. The van der Waals surface area contributed by atoms with Crippen LogP contribution in [-0.4, -0.2) is 23.6 Å². The van der Waals surface area contributed by atoms with E-state index >= 15 is 0 Å². The van der Waals surface area contributed by atoms with Crippen LogP contribution in [0, 0.1) is 5.92 Å². The lowest BCUT2D eigenvalue weighted by Gasteiger charge is -2.27. The Balaban J connectivity index is 1.74. The summed E-state index contributed by atoms with van der Waals surface area (Å²) in [6.07, 6.45) is 0.723. The predicted molar refractivity (Wildman–Crippen MR) is 97.6 cm³/mol. The molecule has 0 fully saturated rings. The Labute approximate surface area is 153 Å².